The van der Waals surface area contributed by atoms with E-state index < -0.39 is 24.4 Å². The van der Waals surface area contributed by atoms with Crippen molar-refractivity contribution in [1.82, 2.24) is 4.90 Å². The molecule has 0 bridgehead atoms. The number of hydrogen-bond donors (Lipinski definition) is 0. The molecule has 1 aliphatic heterocycles. The third kappa shape index (κ3) is 3.93. The summed E-state index contributed by atoms with van der Waals surface area (Å²) in [7, 11) is 0.949. The van der Waals surface area contributed by atoms with Crippen LogP contribution in [0, 0.1) is 0 Å². The predicted octanol–water partition coefficient (Wildman–Crippen LogP) is 2.84. The second-order valence-corrected chi connectivity index (χ2v) is 7.03. The van der Waals surface area contributed by atoms with Crippen molar-refractivity contribution in [3.05, 3.63) is 18.2 Å². The van der Waals surface area contributed by atoms with Gasteiger partial charge >= 0.3 is 13.2 Å². The van der Waals surface area contributed by atoms with Crippen LogP contribution in [0.5, 0.6) is 11.5 Å². The molecular weight excluding hydrogens is 321 g/mol. The Morgan fingerprint density at radius 1 is 1.12 bits per heavy atom. The Hall–Kier alpha value is -1.73. The molecule has 0 unspecified atom stereocenters. The number of carbonyl (C=O) groups excluding carboxylic acids is 1. The monoisotopic (exact) mass is 349 g/mol. The number of benzene rings is 1. The largest absolute Gasteiger partial charge is 0.498 e. The molecule has 0 N–H and O–H groups in total. The standard InChI is InChI=1S/C18H28BNO5/c1-8-20(9-2)16(21)23-15-11-10-13(22-7)12-14(15)19-24-17(3,4)18(5,6)25-19/h10-12H,8-9H2,1-7H3. The van der Waals surface area contributed by atoms with Gasteiger partial charge in [-0.25, -0.2) is 4.79 Å². The SMILES string of the molecule is CCN(CC)C(=O)Oc1ccc(OC)cc1B1OC(C)(C)C(C)(C)O1. The van der Waals surface area contributed by atoms with E-state index in [4.69, 9.17) is 18.8 Å². The Morgan fingerprint density at radius 3 is 2.16 bits per heavy atom. The zero-order valence-corrected chi connectivity index (χ0v) is 16.2. The summed E-state index contributed by atoms with van der Waals surface area (Å²) in [5.74, 6) is 1.06. The van der Waals surface area contributed by atoms with Gasteiger partial charge in [-0.05, 0) is 59.7 Å². The van der Waals surface area contributed by atoms with E-state index in [-0.39, 0.29) is 0 Å². The molecule has 1 saturated heterocycles. The first-order valence-corrected chi connectivity index (χ1v) is 8.65. The number of amides is 1. The van der Waals surface area contributed by atoms with Gasteiger partial charge in [0.15, 0.2) is 0 Å². The topological polar surface area (TPSA) is 57.2 Å². The highest BCUT2D eigenvalue weighted by Crippen LogP contribution is 2.37. The Labute approximate surface area is 150 Å². The number of methoxy groups -OCH3 is 1. The highest BCUT2D eigenvalue weighted by Gasteiger charge is 2.52. The average molecular weight is 349 g/mol. The van der Waals surface area contributed by atoms with Gasteiger partial charge in [0.25, 0.3) is 0 Å². The van der Waals surface area contributed by atoms with E-state index in [1.807, 2.05) is 41.5 Å². The molecule has 1 aromatic rings. The molecule has 0 aromatic heterocycles. The summed E-state index contributed by atoms with van der Waals surface area (Å²) in [6, 6.07) is 5.24. The van der Waals surface area contributed by atoms with Gasteiger partial charge in [0, 0.05) is 18.6 Å². The van der Waals surface area contributed by atoms with Crippen molar-refractivity contribution in [3.63, 3.8) is 0 Å². The summed E-state index contributed by atoms with van der Waals surface area (Å²) in [4.78, 5) is 14.0. The van der Waals surface area contributed by atoms with E-state index in [2.05, 4.69) is 0 Å². The molecule has 2 rings (SSSR count). The van der Waals surface area contributed by atoms with Crippen molar-refractivity contribution in [3.8, 4) is 11.5 Å². The van der Waals surface area contributed by atoms with Crippen LogP contribution in [-0.2, 0) is 9.31 Å². The minimum atomic E-state index is -0.639. The first kappa shape index (κ1) is 19.6. The second kappa shape index (κ2) is 7.26. The fourth-order valence-electron chi connectivity index (χ4n) is 2.54. The molecule has 0 saturated carbocycles. The summed E-state index contributed by atoms with van der Waals surface area (Å²) in [5.41, 5.74) is -0.333. The number of carbonyl (C=O) groups is 1. The van der Waals surface area contributed by atoms with Crippen LogP contribution in [0.1, 0.15) is 41.5 Å². The molecule has 1 heterocycles. The third-order valence-corrected chi connectivity index (χ3v) is 4.94. The molecule has 1 amide bonds. The van der Waals surface area contributed by atoms with E-state index in [9.17, 15) is 4.79 Å². The second-order valence-electron chi connectivity index (χ2n) is 7.03. The van der Waals surface area contributed by atoms with Gasteiger partial charge in [-0.2, -0.15) is 0 Å². The van der Waals surface area contributed by atoms with Crippen molar-refractivity contribution in [2.24, 2.45) is 0 Å². The maximum atomic E-state index is 12.3. The van der Waals surface area contributed by atoms with Gasteiger partial charge in [-0.1, -0.05) is 0 Å². The molecule has 0 radical (unpaired) electrons. The van der Waals surface area contributed by atoms with E-state index in [0.29, 0.717) is 30.1 Å². The lowest BCUT2D eigenvalue weighted by Gasteiger charge is -2.32. The maximum absolute atomic E-state index is 12.3. The molecule has 0 atom stereocenters. The van der Waals surface area contributed by atoms with Crippen LogP contribution in [0.15, 0.2) is 18.2 Å². The van der Waals surface area contributed by atoms with Crippen LogP contribution in [0.25, 0.3) is 0 Å². The minimum absolute atomic E-state index is 0.395. The molecule has 1 fully saturated rings. The fraction of sp³-hybridized carbons (Fsp3) is 0.611. The highest BCUT2D eigenvalue weighted by atomic mass is 16.7. The van der Waals surface area contributed by atoms with Crippen molar-refractivity contribution in [2.45, 2.75) is 52.7 Å². The summed E-state index contributed by atoms with van der Waals surface area (Å²) in [6.07, 6.45) is -0.395. The number of rotatable bonds is 5. The minimum Gasteiger partial charge on any atom is -0.497 e. The Kier molecular flexibility index (Phi) is 5.69. The van der Waals surface area contributed by atoms with Gasteiger partial charge in [-0.3, -0.25) is 0 Å². The Balaban J connectivity index is 2.35. The lowest BCUT2D eigenvalue weighted by molar-refractivity contribution is 0.00578. The quantitative estimate of drug-likeness (QED) is 0.765. The van der Waals surface area contributed by atoms with Crippen LogP contribution in [0.2, 0.25) is 0 Å². The molecular formula is C18H28BNO5. The van der Waals surface area contributed by atoms with Gasteiger partial charge in [-0.15, -0.1) is 0 Å². The van der Waals surface area contributed by atoms with E-state index in [1.165, 1.54) is 0 Å². The first-order chi connectivity index (χ1) is 11.6. The smallest absolute Gasteiger partial charge is 0.497 e. The van der Waals surface area contributed by atoms with Gasteiger partial charge < -0.3 is 23.7 Å². The maximum Gasteiger partial charge on any atom is 0.498 e. The Morgan fingerprint density at radius 2 is 1.68 bits per heavy atom. The van der Waals surface area contributed by atoms with Gasteiger partial charge in [0.2, 0.25) is 0 Å². The summed E-state index contributed by atoms with van der Waals surface area (Å²) >= 11 is 0. The zero-order valence-electron chi connectivity index (χ0n) is 16.2. The number of hydrogen-bond acceptors (Lipinski definition) is 5. The van der Waals surface area contributed by atoms with Gasteiger partial charge in [0.1, 0.15) is 11.5 Å². The summed E-state index contributed by atoms with van der Waals surface area (Å²) in [5, 5.41) is 0. The molecule has 0 spiro atoms. The third-order valence-electron chi connectivity index (χ3n) is 4.94. The molecule has 25 heavy (non-hydrogen) atoms. The van der Waals surface area contributed by atoms with Crippen molar-refractivity contribution >= 4 is 18.7 Å². The molecule has 138 valence electrons. The molecule has 7 heteroatoms. The van der Waals surface area contributed by atoms with E-state index in [0.717, 1.165) is 0 Å². The Bertz CT molecular complexity index is 612. The van der Waals surface area contributed by atoms with Crippen LogP contribution in [-0.4, -0.2) is 49.5 Å². The van der Waals surface area contributed by atoms with Crippen molar-refractivity contribution in [1.29, 1.82) is 0 Å². The summed E-state index contributed by atoms with van der Waals surface area (Å²) < 4.78 is 23.1. The van der Waals surface area contributed by atoms with Crippen LogP contribution >= 0.6 is 0 Å². The number of nitrogens with zero attached hydrogens (tertiary/aromatic N) is 1. The first-order valence-electron chi connectivity index (χ1n) is 8.65. The average Bonchev–Trinajstić information content (AvgIpc) is 2.76. The van der Waals surface area contributed by atoms with Crippen LogP contribution < -0.4 is 14.9 Å². The van der Waals surface area contributed by atoms with Gasteiger partial charge in [0.05, 0.1) is 18.3 Å². The highest BCUT2D eigenvalue weighted by molar-refractivity contribution is 6.63. The lowest BCUT2D eigenvalue weighted by Crippen LogP contribution is -2.41. The number of ether oxygens (including phenoxy) is 2. The summed E-state index contributed by atoms with van der Waals surface area (Å²) in [6.45, 7) is 12.9. The van der Waals surface area contributed by atoms with Crippen molar-refractivity contribution in [2.75, 3.05) is 20.2 Å². The normalized spacial score (nSPS) is 18.1. The molecule has 1 aliphatic rings. The molecule has 6 nitrogen and oxygen atoms in total. The zero-order chi connectivity index (χ0) is 18.8. The van der Waals surface area contributed by atoms with E-state index in [1.54, 1.807) is 30.2 Å². The van der Waals surface area contributed by atoms with Crippen LogP contribution in [0.3, 0.4) is 0 Å². The molecule has 1 aromatic carbocycles. The fourth-order valence-corrected chi connectivity index (χ4v) is 2.54. The van der Waals surface area contributed by atoms with Crippen molar-refractivity contribution < 1.29 is 23.6 Å². The predicted molar refractivity (Wildman–Crippen MR) is 97.7 cm³/mol. The van der Waals surface area contributed by atoms with Crippen LogP contribution in [0.4, 0.5) is 4.79 Å². The lowest BCUT2D eigenvalue weighted by atomic mass is 9.78. The molecule has 0 aliphatic carbocycles. The van der Waals surface area contributed by atoms with E-state index >= 15 is 0 Å².